The fourth-order valence-corrected chi connectivity index (χ4v) is 2.43. The Morgan fingerprint density at radius 3 is 2.39 bits per heavy atom. The fourth-order valence-electron chi connectivity index (χ4n) is 2.25. The van der Waals surface area contributed by atoms with Crippen LogP contribution < -0.4 is 14.8 Å². The van der Waals surface area contributed by atoms with Gasteiger partial charge in [0.1, 0.15) is 11.5 Å². The van der Waals surface area contributed by atoms with E-state index in [1.165, 1.54) is 5.56 Å². The summed E-state index contributed by atoms with van der Waals surface area (Å²) < 4.78 is 10.6. The van der Waals surface area contributed by atoms with Crippen LogP contribution >= 0.6 is 12.2 Å². The molecule has 0 saturated carbocycles. The van der Waals surface area contributed by atoms with Gasteiger partial charge in [0, 0.05) is 24.8 Å². The monoisotopic (exact) mass is 330 g/mol. The molecule has 23 heavy (non-hydrogen) atoms. The topological polar surface area (TPSA) is 33.7 Å². The van der Waals surface area contributed by atoms with Crippen LogP contribution in [0.1, 0.15) is 11.1 Å². The lowest BCUT2D eigenvalue weighted by atomic mass is 10.1. The first-order valence-electron chi connectivity index (χ1n) is 7.33. The smallest absolute Gasteiger partial charge is 0.173 e. The molecule has 0 aliphatic rings. The maximum Gasteiger partial charge on any atom is 0.173 e. The number of thiocarbonyl (C=S) groups is 1. The predicted molar refractivity (Wildman–Crippen MR) is 98.4 cm³/mol. The third-order valence-corrected chi connectivity index (χ3v) is 3.95. The summed E-state index contributed by atoms with van der Waals surface area (Å²) in [5.41, 5.74) is 3.23. The van der Waals surface area contributed by atoms with Gasteiger partial charge in [-0.2, -0.15) is 0 Å². The van der Waals surface area contributed by atoms with Crippen LogP contribution in [0.3, 0.4) is 0 Å². The summed E-state index contributed by atoms with van der Waals surface area (Å²) in [6, 6.07) is 13.8. The maximum absolute atomic E-state index is 5.47. The summed E-state index contributed by atoms with van der Waals surface area (Å²) >= 11 is 5.47. The molecule has 5 heteroatoms. The molecule has 0 amide bonds. The van der Waals surface area contributed by atoms with Crippen LogP contribution in [0.25, 0.3) is 0 Å². The second kappa shape index (κ2) is 7.83. The molecule has 2 rings (SSSR count). The van der Waals surface area contributed by atoms with E-state index in [9.17, 15) is 0 Å². The number of nitrogens with one attached hydrogen (secondary N) is 1. The van der Waals surface area contributed by atoms with Gasteiger partial charge >= 0.3 is 0 Å². The molecule has 1 N–H and O–H groups in total. The van der Waals surface area contributed by atoms with Gasteiger partial charge in [0.2, 0.25) is 0 Å². The van der Waals surface area contributed by atoms with Gasteiger partial charge in [0.25, 0.3) is 0 Å². The summed E-state index contributed by atoms with van der Waals surface area (Å²) in [6.45, 7) is 2.74. The van der Waals surface area contributed by atoms with E-state index in [0.29, 0.717) is 11.7 Å². The van der Waals surface area contributed by atoms with E-state index in [0.717, 1.165) is 22.7 Å². The van der Waals surface area contributed by atoms with Gasteiger partial charge in [-0.3, -0.25) is 0 Å². The molecule has 2 aromatic carbocycles. The Bertz CT molecular complexity index is 671. The summed E-state index contributed by atoms with van der Waals surface area (Å²) in [7, 11) is 5.29. The second-order valence-electron chi connectivity index (χ2n) is 5.33. The lowest BCUT2D eigenvalue weighted by Crippen LogP contribution is -2.30. The third-order valence-electron chi connectivity index (χ3n) is 3.53. The van der Waals surface area contributed by atoms with Crippen LogP contribution in [-0.4, -0.2) is 31.3 Å². The van der Waals surface area contributed by atoms with Gasteiger partial charge in [0.15, 0.2) is 5.11 Å². The molecule has 0 aliphatic carbocycles. The Labute approximate surface area is 143 Å². The lowest BCUT2D eigenvalue weighted by Gasteiger charge is -2.22. The number of methoxy groups -OCH3 is 2. The van der Waals surface area contributed by atoms with Gasteiger partial charge in [-0.1, -0.05) is 17.7 Å². The predicted octanol–water partition coefficient (Wildman–Crippen LogP) is 3.84. The van der Waals surface area contributed by atoms with E-state index in [2.05, 4.69) is 18.3 Å². The highest BCUT2D eigenvalue weighted by Gasteiger charge is 2.10. The summed E-state index contributed by atoms with van der Waals surface area (Å²) in [6.07, 6.45) is 0. The molecule has 0 atom stereocenters. The molecule has 0 fully saturated rings. The van der Waals surface area contributed by atoms with Crippen LogP contribution in [0.5, 0.6) is 11.5 Å². The van der Waals surface area contributed by atoms with Crippen molar-refractivity contribution in [3.05, 3.63) is 53.6 Å². The molecular weight excluding hydrogens is 308 g/mol. The molecule has 0 heterocycles. The summed E-state index contributed by atoms with van der Waals surface area (Å²) in [4.78, 5) is 1.98. The number of hydrogen-bond donors (Lipinski definition) is 1. The quantitative estimate of drug-likeness (QED) is 0.843. The molecule has 122 valence electrons. The van der Waals surface area contributed by atoms with Gasteiger partial charge in [-0.25, -0.2) is 0 Å². The first-order valence-corrected chi connectivity index (χ1v) is 7.74. The Balaban J connectivity index is 2.03. The van der Waals surface area contributed by atoms with E-state index >= 15 is 0 Å². The van der Waals surface area contributed by atoms with E-state index in [1.54, 1.807) is 14.2 Å². The zero-order valence-electron chi connectivity index (χ0n) is 13.9. The molecule has 0 aromatic heterocycles. The number of nitrogens with zero attached hydrogens (tertiary/aromatic N) is 1. The Kier molecular flexibility index (Phi) is 5.82. The molecule has 0 bridgehead atoms. The Morgan fingerprint density at radius 1 is 1.09 bits per heavy atom. The molecule has 0 radical (unpaired) electrons. The minimum Gasteiger partial charge on any atom is -0.497 e. The molecular formula is C18H22N2O2S. The average molecular weight is 330 g/mol. The largest absolute Gasteiger partial charge is 0.497 e. The highest BCUT2D eigenvalue weighted by Crippen LogP contribution is 2.21. The number of ether oxygens (including phenoxy) is 2. The normalized spacial score (nSPS) is 10.1. The average Bonchev–Trinajstić information content (AvgIpc) is 2.55. The maximum atomic E-state index is 5.47. The number of anilines is 1. The van der Waals surface area contributed by atoms with Gasteiger partial charge in [-0.05, 0) is 49.5 Å². The number of hydrogen-bond acceptors (Lipinski definition) is 3. The number of aryl methyl sites for hydroxylation is 1. The van der Waals surface area contributed by atoms with Crippen molar-refractivity contribution in [2.45, 2.75) is 13.5 Å². The van der Waals surface area contributed by atoms with Gasteiger partial charge in [0.05, 0.1) is 14.2 Å². The minimum absolute atomic E-state index is 0.652. The van der Waals surface area contributed by atoms with Crippen molar-refractivity contribution in [3.8, 4) is 11.5 Å². The number of benzene rings is 2. The first-order chi connectivity index (χ1) is 11.0. The van der Waals surface area contributed by atoms with Crippen molar-refractivity contribution in [3.63, 3.8) is 0 Å². The number of rotatable bonds is 5. The molecule has 4 nitrogen and oxygen atoms in total. The summed E-state index contributed by atoms with van der Waals surface area (Å²) in [5.74, 6) is 1.69. The third kappa shape index (κ3) is 4.60. The van der Waals surface area contributed by atoms with Crippen LogP contribution in [0, 0.1) is 6.92 Å². The first kappa shape index (κ1) is 17.1. The minimum atomic E-state index is 0.652. The van der Waals surface area contributed by atoms with E-state index in [1.807, 2.05) is 48.3 Å². The zero-order valence-corrected chi connectivity index (χ0v) is 14.7. The highest BCUT2D eigenvalue weighted by atomic mass is 32.1. The SMILES string of the molecule is COc1ccc(NC(=S)N(C)Cc2cc(C)ccc2OC)cc1. The van der Waals surface area contributed by atoms with E-state index in [4.69, 9.17) is 21.7 Å². The van der Waals surface area contributed by atoms with E-state index in [-0.39, 0.29) is 0 Å². The second-order valence-corrected chi connectivity index (χ2v) is 5.72. The molecule has 0 aliphatic heterocycles. The standard InChI is InChI=1S/C18H22N2O2S/c1-13-5-10-17(22-4)14(11-13)12-20(2)18(23)19-15-6-8-16(21-3)9-7-15/h5-11H,12H2,1-4H3,(H,19,23). The van der Waals surface area contributed by atoms with Crippen molar-refractivity contribution in [2.75, 3.05) is 26.6 Å². The van der Waals surface area contributed by atoms with Crippen molar-refractivity contribution in [1.29, 1.82) is 0 Å². The Morgan fingerprint density at radius 2 is 1.78 bits per heavy atom. The van der Waals surface area contributed by atoms with Crippen molar-refractivity contribution < 1.29 is 9.47 Å². The fraction of sp³-hybridized carbons (Fsp3) is 0.278. The van der Waals surface area contributed by atoms with Crippen molar-refractivity contribution in [1.82, 2.24) is 4.90 Å². The van der Waals surface area contributed by atoms with Crippen molar-refractivity contribution in [2.24, 2.45) is 0 Å². The Hall–Kier alpha value is -2.27. The van der Waals surface area contributed by atoms with Gasteiger partial charge in [-0.15, -0.1) is 0 Å². The van der Waals surface area contributed by atoms with Gasteiger partial charge < -0.3 is 19.7 Å². The molecule has 0 unspecified atom stereocenters. The van der Waals surface area contributed by atoms with Crippen LogP contribution in [0.15, 0.2) is 42.5 Å². The van der Waals surface area contributed by atoms with Crippen LogP contribution in [-0.2, 0) is 6.54 Å². The molecule has 0 spiro atoms. The van der Waals surface area contributed by atoms with E-state index < -0.39 is 0 Å². The lowest BCUT2D eigenvalue weighted by molar-refractivity contribution is 0.399. The molecule has 0 saturated heterocycles. The van der Waals surface area contributed by atoms with Crippen LogP contribution in [0.4, 0.5) is 5.69 Å². The van der Waals surface area contributed by atoms with Crippen molar-refractivity contribution >= 4 is 23.0 Å². The summed E-state index contributed by atoms with van der Waals surface area (Å²) in [5, 5.41) is 3.88. The zero-order chi connectivity index (χ0) is 16.8. The van der Waals surface area contributed by atoms with Crippen LogP contribution in [0.2, 0.25) is 0 Å². The highest BCUT2D eigenvalue weighted by molar-refractivity contribution is 7.80. The molecule has 2 aromatic rings.